The van der Waals surface area contributed by atoms with E-state index in [0.717, 1.165) is 44.7 Å². The van der Waals surface area contributed by atoms with E-state index in [1.165, 1.54) is 75.2 Å². The lowest BCUT2D eigenvalue weighted by Crippen LogP contribution is -2.14. The van der Waals surface area contributed by atoms with E-state index in [0.29, 0.717) is 5.82 Å². The van der Waals surface area contributed by atoms with Crippen LogP contribution in [-0.4, -0.2) is 14.5 Å². The summed E-state index contributed by atoms with van der Waals surface area (Å²) < 4.78 is 4.99. The maximum atomic E-state index is 5.59. The van der Waals surface area contributed by atoms with E-state index in [9.17, 15) is 0 Å². The SMILES string of the molecule is CC1(C)c2ccccc2-c2ccc(-c3cc(-c4ccccc4)nc(-c4cc5c(c6ccccc6n5-c5ccccc5)c5c4ccc4c6cccc(-c7ccccc7)c6sc45)n3)cc21. The highest BCUT2D eigenvalue weighted by molar-refractivity contribution is 7.27. The van der Waals surface area contributed by atoms with Gasteiger partial charge in [0.2, 0.25) is 0 Å². The van der Waals surface area contributed by atoms with Crippen LogP contribution in [0.25, 0.3) is 115 Å². The molecule has 0 spiro atoms. The van der Waals surface area contributed by atoms with Crippen LogP contribution in [0.2, 0.25) is 0 Å². The molecule has 3 aromatic heterocycles. The van der Waals surface area contributed by atoms with Crippen molar-refractivity contribution in [1.82, 2.24) is 14.5 Å². The van der Waals surface area contributed by atoms with Gasteiger partial charge in [0.15, 0.2) is 5.82 Å². The molecule has 3 heterocycles. The van der Waals surface area contributed by atoms with E-state index in [1.54, 1.807) is 0 Å². The zero-order valence-corrected chi connectivity index (χ0v) is 35.6. The Morgan fingerprint density at radius 2 is 1.02 bits per heavy atom. The van der Waals surface area contributed by atoms with Crippen molar-refractivity contribution in [3.63, 3.8) is 0 Å². The molecule has 0 saturated heterocycles. The molecule has 0 atom stereocenters. The van der Waals surface area contributed by atoms with Crippen LogP contribution in [0.4, 0.5) is 0 Å². The number of rotatable bonds is 5. The zero-order valence-electron chi connectivity index (χ0n) is 34.8. The summed E-state index contributed by atoms with van der Waals surface area (Å²) in [6.07, 6.45) is 0. The topological polar surface area (TPSA) is 30.7 Å². The molecule has 63 heavy (non-hydrogen) atoms. The van der Waals surface area contributed by atoms with Gasteiger partial charge in [-0.25, -0.2) is 9.97 Å². The van der Waals surface area contributed by atoms with Gasteiger partial charge in [0.1, 0.15) is 0 Å². The molecule has 13 rings (SSSR count). The highest BCUT2D eigenvalue weighted by Gasteiger charge is 2.35. The predicted octanol–water partition coefficient (Wildman–Crippen LogP) is 16.1. The number of benzene rings is 9. The van der Waals surface area contributed by atoms with Gasteiger partial charge in [-0.1, -0.05) is 178 Å². The standard InChI is InChI=1S/C59H39N3S/c1-59(2)48-27-14-12-23-41(48)42-30-29-38(33-49(42)59)51-35-50(37-19-8-4-9-20-37)60-58(61-51)47-34-53-54(46-24-13-15-28-52(46)62(53)39-21-10-5-11-22-39)55-43(47)31-32-45-44-26-16-25-40(56(44)63-57(45)55)36-17-6-3-7-18-36/h3-35H,1-2H3. The molecule has 0 unspecified atom stereocenters. The van der Waals surface area contributed by atoms with Crippen LogP contribution in [0, 0.1) is 0 Å². The maximum Gasteiger partial charge on any atom is 0.161 e. The van der Waals surface area contributed by atoms with Crippen molar-refractivity contribution < 1.29 is 0 Å². The lowest BCUT2D eigenvalue weighted by Gasteiger charge is -2.22. The van der Waals surface area contributed by atoms with Gasteiger partial charge in [-0.3, -0.25) is 0 Å². The van der Waals surface area contributed by atoms with Gasteiger partial charge in [0.25, 0.3) is 0 Å². The van der Waals surface area contributed by atoms with Crippen molar-refractivity contribution in [2.45, 2.75) is 19.3 Å². The minimum Gasteiger partial charge on any atom is -0.309 e. The quantitative estimate of drug-likeness (QED) is 0.173. The lowest BCUT2D eigenvalue weighted by molar-refractivity contribution is 0.660. The van der Waals surface area contributed by atoms with Crippen LogP contribution in [-0.2, 0) is 5.41 Å². The molecule has 0 bridgehead atoms. The molecule has 4 heteroatoms. The zero-order chi connectivity index (χ0) is 41.8. The molecule has 0 N–H and O–H groups in total. The Labute approximate surface area is 369 Å². The van der Waals surface area contributed by atoms with Gasteiger partial charge >= 0.3 is 0 Å². The Morgan fingerprint density at radius 3 is 1.83 bits per heavy atom. The van der Waals surface area contributed by atoms with Crippen molar-refractivity contribution in [2.75, 3.05) is 0 Å². The summed E-state index contributed by atoms with van der Waals surface area (Å²) in [6.45, 7) is 4.68. The molecular weight excluding hydrogens is 783 g/mol. The highest BCUT2D eigenvalue weighted by atomic mass is 32.1. The largest absolute Gasteiger partial charge is 0.309 e. The molecule has 12 aromatic rings. The van der Waals surface area contributed by atoms with Crippen LogP contribution in [0.3, 0.4) is 0 Å². The molecule has 3 nitrogen and oxygen atoms in total. The third kappa shape index (κ3) is 5.38. The molecule has 0 radical (unpaired) electrons. The fraction of sp³-hybridized carbons (Fsp3) is 0.0508. The summed E-state index contributed by atoms with van der Waals surface area (Å²) in [4.78, 5) is 11.1. The normalized spacial score (nSPS) is 13.0. The summed E-state index contributed by atoms with van der Waals surface area (Å²) in [7, 11) is 0. The fourth-order valence-electron chi connectivity index (χ4n) is 10.4. The van der Waals surface area contributed by atoms with E-state index in [-0.39, 0.29) is 5.41 Å². The Kier molecular flexibility index (Phi) is 7.82. The minimum absolute atomic E-state index is 0.137. The molecule has 9 aromatic carbocycles. The number of hydrogen-bond acceptors (Lipinski definition) is 3. The average Bonchev–Trinajstić information content (AvgIpc) is 3.97. The van der Waals surface area contributed by atoms with Gasteiger partial charge in [-0.15, -0.1) is 11.3 Å². The first-order chi connectivity index (χ1) is 31.0. The van der Waals surface area contributed by atoms with Crippen molar-refractivity contribution >= 4 is 64.1 Å². The summed E-state index contributed by atoms with van der Waals surface area (Å²) >= 11 is 1.90. The molecule has 0 saturated carbocycles. The van der Waals surface area contributed by atoms with E-state index in [1.807, 2.05) is 11.3 Å². The Hall–Kier alpha value is -7.66. The van der Waals surface area contributed by atoms with Crippen molar-refractivity contribution in [1.29, 1.82) is 0 Å². The summed E-state index contributed by atoms with van der Waals surface area (Å²) in [5.74, 6) is 0.705. The van der Waals surface area contributed by atoms with Gasteiger partial charge < -0.3 is 4.57 Å². The molecule has 1 aliphatic rings. The smallest absolute Gasteiger partial charge is 0.161 e. The van der Waals surface area contributed by atoms with Crippen LogP contribution < -0.4 is 0 Å². The fourth-order valence-corrected chi connectivity index (χ4v) is 11.8. The minimum atomic E-state index is -0.137. The third-order valence-electron chi connectivity index (χ3n) is 13.4. The second-order valence-corrected chi connectivity index (χ2v) is 18.3. The maximum absolute atomic E-state index is 5.59. The summed E-state index contributed by atoms with van der Waals surface area (Å²) in [5.41, 5.74) is 16.0. The number of para-hydroxylation sites is 2. The molecular formula is C59H39N3S. The molecule has 0 aliphatic heterocycles. The molecule has 1 aliphatic carbocycles. The van der Waals surface area contributed by atoms with E-state index in [2.05, 4.69) is 219 Å². The number of thiophene rings is 1. The number of nitrogens with zero attached hydrogens (tertiary/aromatic N) is 3. The van der Waals surface area contributed by atoms with Gasteiger partial charge in [0, 0.05) is 64.1 Å². The van der Waals surface area contributed by atoms with Crippen molar-refractivity contribution in [3.05, 3.63) is 211 Å². The van der Waals surface area contributed by atoms with Crippen LogP contribution >= 0.6 is 11.3 Å². The van der Waals surface area contributed by atoms with E-state index in [4.69, 9.17) is 9.97 Å². The van der Waals surface area contributed by atoms with E-state index >= 15 is 0 Å². The van der Waals surface area contributed by atoms with Gasteiger partial charge in [0.05, 0.1) is 22.4 Å². The first-order valence-corrected chi connectivity index (χ1v) is 22.5. The second-order valence-electron chi connectivity index (χ2n) is 17.3. The summed E-state index contributed by atoms with van der Waals surface area (Å²) in [5, 5.41) is 7.37. The third-order valence-corrected chi connectivity index (χ3v) is 14.7. The number of fused-ring (bicyclic) bond motifs is 12. The Bertz CT molecular complexity index is 3800. The molecule has 296 valence electrons. The monoisotopic (exact) mass is 821 g/mol. The lowest BCUT2D eigenvalue weighted by atomic mass is 9.82. The van der Waals surface area contributed by atoms with Gasteiger partial charge in [-0.05, 0) is 75.2 Å². The van der Waals surface area contributed by atoms with Crippen molar-refractivity contribution in [2.24, 2.45) is 0 Å². The first-order valence-electron chi connectivity index (χ1n) is 21.7. The highest BCUT2D eigenvalue weighted by Crippen LogP contribution is 2.51. The Balaban J connectivity index is 1.15. The van der Waals surface area contributed by atoms with Crippen molar-refractivity contribution in [3.8, 4) is 61.8 Å². The Morgan fingerprint density at radius 1 is 0.397 bits per heavy atom. The molecule has 0 fully saturated rings. The average molecular weight is 822 g/mol. The second kappa shape index (κ2) is 13.7. The molecule has 0 amide bonds. The van der Waals surface area contributed by atoms with Crippen LogP contribution in [0.5, 0.6) is 0 Å². The predicted molar refractivity (Wildman–Crippen MR) is 266 cm³/mol. The van der Waals surface area contributed by atoms with Crippen LogP contribution in [0.15, 0.2) is 200 Å². The number of aromatic nitrogens is 3. The first kappa shape index (κ1) is 36.0. The van der Waals surface area contributed by atoms with E-state index < -0.39 is 0 Å². The van der Waals surface area contributed by atoms with Gasteiger partial charge in [-0.2, -0.15) is 0 Å². The van der Waals surface area contributed by atoms with Crippen LogP contribution in [0.1, 0.15) is 25.0 Å². The summed E-state index contributed by atoms with van der Waals surface area (Å²) in [6, 6.07) is 72.7. The number of hydrogen-bond donors (Lipinski definition) is 0.